The summed E-state index contributed by atoms with van der Waals surface area (Å²) in [5.74, 6) is 5.14. The van der Waals surface area contributed by atoms with E-state index in [0.717, 1.165) is 129 Å². The molecule has 1 aliphatic carbocycles. The molecule has 0 atom stereocenters. The highest BCUT2D eigenvalue weighted by molar-refractivity contribution is 5.78. The average Bonchev–Trinajstić information content (AvgIpc) is 0.857. The van der Waals surface area contributed by atoms with E-state index in [9.17, 15) is 19.2 Å². The number of methoxy groups -OCH3 is 1. The Morgan fingerprint density at radius 2 is 0.552 bits per heavy atom. The molecule has 20 nitrogen and oxygen atoms in total. The molecule has 11 rings (SSSR count). The van der Waals surface area contributed by atoms with Crippen LogP contribution in [0.2, 0.25) is 0 Å². The Morgan fingerprint density at radius 1 is 0.301 bits per heavy atom. The fraction of sp³-hybridized carbons (Fsp3) is 0.480. The molecular weight excluding hydrogens is 1780 g/mol. The predicted molar refractivity (Wildman–Crippen MR) is 596 cm³/mol. The van der Waals surface area contributed by atoms with Gasteiger partial charge in [-0.05, 0) is 254 Å². The van der Waals surface area contributed by atoms with Crippen LogP contribution in [-0.4, -0.2) is 274 Å². The molecule has 10 aromatic carbocycles. The topological polar surface area (TPSA) is 133 Å². The van der Waals surface area contributed by atoms with Crippen molar-refractivity contribution in [2.45, 2.75) is 185 Å². The summed E-state index contributed by atoms with van der Waals surface area (Å²) in [7, 11) is 60.5. The molecule has 1 fully saturated rings. The van der Waals surface area contributed by atoms with E-state index in [4.69, 9.17) is 33.2 Å². The van der Waals surface area contributed by atoms with E-state index in [1.54, 1.807) is 19.6 Å². The summed E-state index contributed by atoms with van der Waals surface area (Å²) >= 11 is 0. The smallest absolute Gasteiger partial charge is 0.316 e. The Hall–Kier alpha value is -10.9. The fourth-order valence-corrected chi connectivity index (χ4v) is 14.8. The highest BCUT2D eigenvalue weighted by Crippen LogP contribution is 2.34. The number of hydrogen-bond donors (Lipinski definition) is 0. The molecule has 0 saturated heterocycles. The van der Waals surface area contributed by atoms with Gasteiger partial charge in [0, 0.05) is 63.4 Å². The van der Waals surface area contributed by atoms with E-state index in [1.165, 1.54) is 100 Å². The minimum absolute atomic E-state index is 0.0964. The Morgan fingerprint density at radius 3 is 0.811 bits per heavy atom. The van der Waals surface area contributed by atoms with Crippen LogP contribution in [0.1, 0.15) is 176 Å². The lowest BCUT2D eigenvalue weighted by Gasteiger charge is -2.25. The number of esters is 4. The summed E-state index contributed by atoms with van der Waals surface area (Å²) < 4.78 is 45.2. The van der Waals surface area contributed by atoms with E-state index in [-0.39, 0.29) is 35.4 Å². The molecule has 0 heterocycles. The standard InChI is InChI=1S/C16H26N.C16H20N.C15H24NO2.C14H22NO2.C14H24NO.C13H20NO2.C12H18NO2.C12H20NO.C11H18NO/c2*1-17(2,3)13-14-9-11-16(12-10-14)15-7-5-4-6-8-15;1-15(2,3)14(17)18-13-9-7-12(8-10-13)11-16(4,5)6;1-11(2)14(16)17-13-8-6-12(7-9-13)10-15(3,4)5;1-14(2,3)16-13-9-7-12(8-10-13)11-15(4,5)6;1-5-13(15)16-12-8-6-11(7-9-12)10-14(2,3)4;1-10(14)15-12-7-5-11(6-8-12)9-13(2,3)4;1-5-14-12-8-6-11(7-9-12)10-13(2,3)4;1-12(2,3)9-10-5-7-11(13-4)8-6-10/h9-12,15H,4-8,13H2,1-3H3;4-12H,13H2,1-3H3;7-10H,11H2,1-6H3;6-9,11H,10H2,1-5H3;7-10H,11H2,1-6H3;6-9H,5,10H2,1-4H3;5-8H,9H2,1-4H3;6-9H,5,10H2,1-4H3;5-8H,9H2,1-4H3/q9*+1. The van der Waals surface area contributed by atoms with E-state index < -0.39 is 5.41 Å². The third-order valence-corrected chi connectivity index (χ3v) is 20.8. The molecule has 0 radical (unpaired) electrons. The second-order valence-corrected chi connectivity index (χ2v) is 49.2. The Balaban J connectivity index is 0.000000414. The van der Waals surface area contributed by atoms with Crippen molar-refractivity contribution in [3.05, 3.63) is 304 Å². The number of benzene rings is 10. The van der Waals surface area contributed by atoms with Crippen LogP contribution in [0.3, 0.4) is 0 Å². The number of ether oxygens (including phenoxy) is 7. The van der Waals surface area contributed by atoms with Crippen LogP contribution in [-0.2, 0) is 78.1 Å². The number of rotatable bonds is 30. The Bertz CT molecular complexity index is 5200. The SMILES string of the molecule is CC(=O)Oc1ccc(C[N+](C)(C)C)cc1.CC(C)(C)C(=O)Oc1ccc(C[N+](C)(C)C)cc1.CC(C)(C)Oc1ccc(C[N+](C)(C)C)cc1.CC(C)C(=O)Oc1ccc(C[N+](C)(C)C)cc1.CCC(=O)Oc1ccc(C[N+](C)(C)C)cc1.CCOc1ccc(C[N+](C)(C)C)cc1.COc1ccc(C[N+](C)(C)C)cc1.C[N+](C)(C)Cc1ccc(-c2ccccc2)cc1.C[N+](C)(C)Cc1ccc(C2CCCCC2)cc1. The van der Waals surface area contributed by atoms with Gasteiger partial charge in [-0.3, -0.25) is 19.2 Å². The van der Waals surface area contributed by atoms with Crippen LogP contribution in [0.5, 0.6) is 40.2 Å². The van der Waals surface area contributed by atoms with Crippen molar-refractivity contribution in [1.82, 2.24) is 0 Å². The van der Waals surface area contributed by atoms with Gasteiger partial charge in [0.1, 0.15) is 105 Å². The summed E-state index contributed by atoms with van der Waals surface area (Å²) in [5.41, 5.74) is 15.4. The van der Waals surface area contributed by atoms with Gasteiger partial charge in [0.2, 0.25) is 0 Å². The summed E-state index contributed by atoms with van der Waals surface area (Å²) in [6, 6.07) is 84.5. The lowest BCUT2D eigenvalue weighted by molar-refractivity contribution is -0.884. The zero-order chi connectivity index (χ0) is 108. The predicted octanol–water partition coefficient (Wildman–Crippen LogP) is 24.1. The van der Waals surface area contributed by atoms with Gasteiger partial charge in [-0.25, -0.2) is 0 Å². The van der Waals surface area contributed by atoms with Gasteiger partial charge in [-0.1, -0.05) is 119 Å². The minimum atomic E-state index is -0.471. The highest BCUT2D eigenvalue weighted by atomic mass is 16.5. The summed E-state index contributed by atoms with van der Waals surface area (Å²) in [5, 5.41) is 0. The van der Waals surface area contributed by atoms with Gasteiger partial charge in [0.25, 0.3) is 0 Å². The highest BCUT2D eigenvalue weighted by Gasteiger charge is 2.25. The lowest BCUT2D eigenvalue weighted by Crippen LogP contribution is -2.33. The molecule has 1 aliphatic rings. The van der Waals surface area contributed by atoms with Crippen LogP contribution < -0.4 is 33.2 Å². The minimum Gasteiger partial charge on any atom is -0.497 e. The van der Waals surface area contributed by atoms with Crippen molar-refractivity contribution in [2.75, 3.05) is 204 Å². The van der Waals surface area contributed by atoms with Crippen LogP contribution in [0.25, 0.3) is 11.1 Å². The second-order valence-electron chi connectivity index (χ2n) is 49.2. The number of nitrogens with zero attached hydrogens (tertiary/aromatic N) is 9. The number of hydrogen-bond acceptors (Lipinski definition) is 11. The van der Waals surface area contributed by atoms with Crippen molar-refractivity contribution < 1.29 is 92.7 Å². The van der Waals surface area contributed by atoms with Crippen molar-refractivity contribution in [1.29, 1.82) is 0 Å². The van der Waals surface area contributed by atoms with E-state index in [2.05, 4.69) is 338 Å². The third-order valence-electron chi connectivity index (χ3n) is 20.8. The first-order valence-corrected chi connectivity index (χ1v) is 50.7. The molecule has 0 amide bonds. The summed E-state index contributed by atoms with van der Waals surface area (Å²) in [6.45, 7) is 30.4. The molecule has 0 bridgehead atoms. The zero-order valence-electron chi connectivity index (χ0n) is 96.2. The summed E-state index contributed by atoms with van der Waals surface area (Å²) in [6.07, 6.45) is 7.48. The molecule has 1 saturated carbocycles. The molecular formula is C123H192N9O11+9. The number of carbonyl (C=O) groups excluding carboxylic acids is 4. The molecule has 10 aromatic rings. The third kappa shape index (κ3) is 63.1. The van der Waals surface area contributed by atoms with E-state index in [1.807, 2.05) is 163 Å². The molecule has 786 valence electrons. The van der Waals surface area contributed by atoms with Crippen molar-refractivity contribution in [3.8, 4) is 51.4 Å². The molecule has 0 aliphatic heterocycles. The normalized spacial score (nSPS) is 12.5. The summed E-state index contributed by atoms with van der Waals surface area (Å²) in [4.78, 5) is 44.9. The van der Waals surface area contributed by atoms with E-state index in [0.29, 0.717) is 29.4 Å². The van der Waals surface area contributed by atoms with Gasteiger partial charge < -0.3 is 73.5 Å². The molecule has 0 spiro atoms. The number of quaternary nitrogens is 9. The molecule has 0 unspecified atom stereocenters. The van der Waals surface area contributed by atoms with Crippen molar-refractivity contribution >= 4 is 23.9 Å². The first-order chi connectivity index (χ1) is 65.9. The Labute approximate surface area is 867 Å². The van der Waals surface area contributed by atoms with Crippen molar-refractivity contribution in [3.63, 3.8) is 0 Å². The van der Waals surface area contributed by atoms with Crippen molar-refractivity contribution in [2.24, 2.45) is 11.3 Å². The first kappa shape index (κ1) is 126. The van der Waals surface area contributed by atoms with Gasteiger partial charge in [0.05, 0.1) is 215 Å². The maximum atomic E-state index is 11.7. The molecule has 0 aromatic heterocycles. The number of carbonyl (C=O) groups is 4. The van der Waals surface area contributed by atoms with Crippen LogP contribution in [0.15, 0.2) is 249 Å². The molecule has 0 N–H and O–H groups in total. The zero-order valence-corrected chi connectivity index (χ0v) is 96.2. The van der Waals surface area contributed by atoms with Crippen LogP contribution in [0, 0.1) is 11.3 Å². The largest absolute Gasteiger partial charge is 0.497 e. The van der Waals surface area contributed by atoms with Gasteiger partial charge >= 0.3 is 23.9 Å². The monoisotopic (exact) mass is 1970 g/mol. The van der Waals surface area contributed by atoms with Gasteiger partial charge in [0.15, 0.2) is 0 Å². The van der Waals surface area contributed by atoms with Crippen LogP contribution >= 0.6 is 0 Å². The second kappa shape index (κ2) is 58.9. The van der Waals surface area contributed by atoms with Gasteiger partial charge in [-0.2, -0.15) is 0 Å². The Kier molecular flexibility index (Phi) is 52.0. The lowest BCUT2D eigenvalue weighted by atomic mass is 9.84. The van der Waals surface area contributed by atoms with Crippen LogP contribution in [0.4, 0.5) is 0 Å². The fourth-order valence-electron chi connectivity index (χ4n) is 14.8. The quantitative estimate of drug-likeness (QED) is 0.0242. The molecule has 143 heavy (non-hydrogen) atoms. The maximum absolute atomic E-state index is 11.7. The average molecular weight is 1970 g/mol. The molecule has 20 heteroatoms. The van der Waals surface area contributed by atoms with E-state index >= 15 is 0 Å². The first-order valence-electron chi connectivity index (χ1n) is 50.7. The van der Waals surface area contributed by atoms with Gasteiger partial charge in [-0.15, -0.1) is 0 Å². The maximum Gasteiger partial charge on any atom is 0.316 e.